The number of rotatable bonds is 3. The number of benzene rings is 3. The van der Waals surface area contributed by atoms with Gasteiger partial charge in [-0.3, -0.25) is 0 Å². The fraction of sp³-hybridized carbons (Fsp3) is 0.182. The van der Waals surface area contributed by atoms with E-state index in [0.717, 1.165) is 5.75 Å². The molecule has 1 nitrogen and oxygen atoms in total. The van der Waals surface area contributed by atoms with E-state index in [1.807, 2.05) is 0 Å². The maximum atomic E-state index is 5.77. The van der Waals surface area contributed by atoms with Crippen molar-refractivity contribution in [2.24, 2.45) is 0 Å². The van der Waals surface area contributed by atoms with Crippen LogP contribution < -0.4 is 4.74 Å². The van der Waals surface area contributed by atoms with Crippen molar-refractivity contribution < 1.29 is 4.74 Å². The normalized spacial score (nSPS) is 13.0. The van der Waals surface area contributed by atoms with Gasteiger partial charge in [-0.05, 0) is 53.8 Å². The molecule has 0 amide bonds. The average Bonchev–Trinajstić information content (AvgIpc) is 2.90. The molecule has 3 aromatic rings. The van der Waals surface area contributed by atoms with E-state index in [9.17, 15) is 0 Å². The molecule has 1 heteroatoms. The molecule has 0 saturated heterocycles. The lowest BCUT2D eigenvalue weighted by Crippen LogP contribution is -2.05. The lowest BCUT2D eigenvalue weighted by Gasteiger charge is -2.16. The third kappa shape index (κ3) is 2.43. The van der Waals surface area contributed by atoms with Crippen LogP contribution in [0.2, 0.25) is 0 Å². The van der Waals surface area contributed by atoms with E-state index < -0.39 is 0 Å². The fourth-order valence-corrected chi connectivity index (χ4v) is 3.53. The summed E-state index contributed by atoms with van der Waals surface area (Å²) in [7, 11) is 0. The van der Waals surface area contributed by atoms with Gasteiger partial charge in [-0.15, -0.1) is 0 Å². The Labute approximate surface area is 137 Å². The number of hydrogen-bond acceptors (Lipinski definition) is 1. The quantitative estimate of drug-likeness (QED) is 0.476. The van der Waals surface area contributed by atoms with Crippen molar-refractivity contribution in [2.45, 2.75) is 25.9 Å². The molecule has 3 aromatic carbocycles. The van der Waals surface area contributed by atoms with Crippen LogP contribution in [0.5, 0.6) is 5.75 Å². The minimum atomic E-state index is 0.203. The Morgan fingerprint density at radius 1 is 0.696 bits per heavy atom. The molecule has 0 atom stereocenters. The summed E-state index contributed by atoms with van der Waals surface area (Å²) in [5.74, 6) is 1.25. The summed E-state index contributed by atoms with van der Waals surface area (Å²) in [5, 5.41) is 0. The van der Waals surface area contributed by atoms with Gasteiger partial charge in [0.05, 0.1) is 6.10 Å². The summed E-state index contributed by atoms with van der Waals surface area (Å²) in [6, 6.07) is 26.0. The van der Waals surface area contributed by atoms with Crippen molar-refractivity contribution in [1.29, 1.82) is 0 Å². The van der Waals surface area contributed by atoms with Crippen molar-refractivity contribution in [1.82, 2.24) is 0 Å². The third-order valence-electron chi connectivity index (χ3n) is 4.42. The van der Waals surface area contributed by atoms with E-state index in [1.165, 1.54) is 27.8 Å². The summed E-state index contributed by atoms with van der Waals surface area (Å²) in [6.45, 7) is 4.11. The van der Waals surface area contributed by atoms with Crippen LogP contribution in [0.15, 0.2) is 72.8 Å². The van der Waals surface area contributed by atoms with Crippen molar-refractivity contribution in [2.75, 3.05) is 0 Å². The van der Waals surface area contributed by atoms with E-state index in [0.29, 0.717) is 5.92 Å². The summed E-state index contributed by atoms with van der Waals surface area (Å²) < 4.78 is 5.77. The van der Waals surface area contributed by atoms with Gasteiger partial charge in [0.25, 0.3) is 0 Å². The Kier molecular flexibility index (Phi) is 3.42. The number of ether oxygens (including phenoxy) is 1. The van der Waals surface area contributed by atoms with Crippen LogP contribution >= 0.6 is 0 Å². The Morgan fingerprint density at radius 2 is 1.22 bits per heavy atom. The first-order chi connectivity index (χ1) is 11.2. The molecule has 0 aliphatic heterocycles. The molecule has 0 N–H and O–H groups in total. The third-order valence-corrected chi connectivity index (χ3v) is 4.42. The molecule has 1 aliphatic rings. The molecule has 0 radical (unpaired) electrons. The molecular formula is C22H20O. The molecule has 0 aromatic heterocycles. The van der Waals surface area contributed by atoms with Crippen molar-refractivity contribution in [3.05, 3.63) is 89.5 Å². The highest BCUT2D eigenvalue weighted by Crippen LogP contribution is 2.47. The Bertz CT molecular complexity index is 785. The van der Waals surface area contributed by atoms with Gasteiger partial charge in [0.2, 0.25) is 0 Å². The topological polar surface area (TPSA) is 9.23 Å². The van der Waals surface area contributed by atoms with E-state index in [1.54, 1.807) is 0 Å². The molecule has 0 unspecified atom stereocenters. The second-order valence-corrected chi connectivity index (χ2v) is 6.34. The lowest BCUT2D eigenvalue weighted by molar-refractivity contribution is 0.242. The molecule has 0 fully saturated rings. The Hall–Kier alpha value is -2.54. The van der Waals surface area contributed by atoms with Crippen molar-refractivity contribution in [3.63, 3.8) is 0 Å². The fourth-order valence-electron chi connectivity index (χ4n) is 3.53. The number of fused-ring (bicyclic) bond motifs is 3. The minimum absolute atomic E-state index is 0.203. The van der Waals surface area contributed by atoms with Crippen LogP contribution in [0.4, 0.5) is 0 Å². The van der Waals surface area contributed by atoms with Crippen LogP contribution in [0, 0.1) is 0 Å². The lowest BCUT2D eigenvalue weighted by atomic mass is 9.89. The molecule has 114 valence electrons. The molecule has 23 heavy (non-hydrogen) atoms. The van der Waals surface area contributed by atoms with Crippen LogP contribution in [0.25, 0.3) is 11.1 Å². The molecule has 4 rings (SSSR count). The van der Waals surface area contributed by atoms with Crippen LogP contribution in [-0.4, -0.2) is 6.10 Å². The van der Waals surface area contributed by atoms with Crippen molar-refractivity contribution >= 4 is 0 Å². The first-order valence-electron chi connectivity index (χ1n) is 8.19. The summed E-state index contributed by atoms with van der Waals surface area (Å²) >= 11 is 0. The number of hydrogen-bond donors (Lipinski definition) is 0. The highest BCUT2D eigenvalue weighted by Gasteiger charge is 2.28. The van der Waals surface area contributed by atoms with Gasteiger partial charge in [0, 0.05) is 5.92 Å². The summed E-state index contributed by atoms with van der Waals surface area (Å²) in [5.41, 5.74) is 6.82. The summed E-state index contributed by atoms with van der Waals surface area (Å²) in [4.78, 5) is 0. The second-order valence-electron chi connectivity index (χ2n) is 6.34. The smallest absolute Gasteiger partial charge is 0.119 e. The van der Waals surface area contributed by atoms with Gasteiger partial charge < -0.3 is 4.74 Å². The Morgan fingerprint density at radius 3 is 1.74 bits per heavy atom. The van der Waals surface area contributed by atoms with Gasteiger partial charge in [-0.25, -0.2) is 0 Å². The maximum Gasteiger partial charge on any atom is 0.119 e. The Balaban J connectivity index is 1.79. The van der Waals surface area contributed by atoms with Gasteiger partial charge in [0.15, 0.2) is 0 Å². The second kappa shape index (κ2) is 5.58. The van der Waals surface area contributed by atoms with Gasteiger partial charge in [0.1, 0.15) is 5.75 Å². The standard InChI is InChI=1S/C22H20O/c1-15(2)23-17-13-11-16(12-14-17)22-20-9-5-3-7-18(20)19-8-4-6-10-21(19)22/h3-15,22H,1-2H3. The van der Waals surface area contributed by atoms with E-state index in [-0.39, 0.29) is 6.10 Å². The molecule has 0 spiro atoms. The molecule has 0 bridgehead atoms. The van der Waals surface area contributed by atoms with E-state index in [4.69, 9.17) is 4.74 Å². The first kappa shape index (κ1) is 14.1. The van der Waals surface area contributed by atoms with Gasteiger partial charge >= 0.3 is 0 Å². The highest BCUT2D eigenvalue weighted by molar-refractivity contribution is 5.80. The zero-order valence-electron chi connectivity index (χ0n) is 13.5. The maximum absolute atomic E-state index is 5.77. The monoisotopic (exact) mass is 300 g/mol. The average molecular weight is 300 g/mol. The molecule has 0 saturated carbocycles. The van der Waals surface area contributed by atoms with Crippen LogP contribution in [-0.2, 0) is 0 Å². The highest BCUT2D eigenvalue weighted by atomic mass is 16.5. The van der Waals surface area contributed by atoms with Gasteiger partial charge in [-0.1, -0.05) is 60.7 Å². The molecular weight excluding hydrogens is 280 g/mol. The van der Waals surface area contributed by atoms with Gasteiger partial charge in [-0.2, -0.15) is 0 Å². The SMILES string of the molecule is CC(C)Oc1ccc(C2c3ccccc3-c3ccccc32)cc1. The van der Waals surface area contributed by atoms with E-state index >= 15 is 0 Å². The van der Waals surface area contributed by atoms with E-state index in [2.05, 4.69) is 86.6 Å². The predicted octanol–water partition coefficient (Wildman–Crippen LogP) is 5.63. The first-order valence-corrected chi connectivity index (χ1v) is 8.19. The van der Waals surface area contributed by atoms with Crippen molar-refractivity contribution in [3.8, 4) is 16.9 Å². The van der Waals surface area contributed by atoms with Crippen LogP contribution in [0.1, 0.15) is 36.5 Å². The molecule has 1 aliphatic carbocycles. The predicted molar refractivity (Wildman–Crippen MR) is 95.0 cm³/mol. The van der Waals surface area contributed by atoms with Crippen LogP contribution in [0.3, 0.4) is 0 Å². The zero-order chi connectivity index (χ0) is 15.8. The minimum Gasteiger partial charge on any atom is -0.491 e. The summed E-state index contributed by atoms with van der Waals surface area (Å²) in [6.07, 6.45) is 0.203. The zero-order valence-corrected chi connectivity index (χ0v) is 13.5. The largest absolute Gasteiger partial charge is 0.491 e. The molecule has 0 heterocycles.